The molecule has 0 spiro atoms. The topological polar surface area (TPSA) is 29.3 Å². The van der Waals surface area contributed by atoms with Crippen LogP contribution in [-0.2, 0) is 25.7 Å². The van der Waals surface area contributed by atoms with E-state index in [2.05, 4.69) is 54.5 Å². The van der Waals surface area contributed by atoms with Crippen molar-refractivity contribution in [3.05, 3.63) is 84.9 Å². The van der Waals surface area contributed by atoms with Crippen LogP contribution in [0.4, 0.5) is 5.69 Å². The van der Waals surface area contributed by atoms with Gasteiger partial charge in [0.25, 0.3) is 0 Å². The Balaban J connectivity index is 1.58. The SMILES string of the molecule is Cc1cc(C)c(C2=c3cc4c5c(c3[Te+]([O-])c3c2cc2c6c3CCCN6CCC2)CCC[N+]=5CCC4)c(C)c1. The minimum absolute atomic E-state index is 1.09. The number of hydrogen-bond donors (Lipinski definition) is 0. The third-order valence-electron chi connectivity index (χ3n) is 9.78. The Morgan fingerprint density at radius 3 is 2.24 bits per heavy atom. The molecule has 3 nitrogen and oxygen atoms in total. The number of anilines is 1. The molecule has 0 fully saturated rings. The van der Waals surface area contributed by atoms with Gasteiger partial charge in [0.2, 0.25) is 0 Å². The molecular weight excluding hydrogens is 580 g/mol. The van der Waals surface area contributed by atoms with Gasteiger partial charge in [0, 0.05) is 0 Å². The summed E-state index contributed by atoms with van der Waals surface area (Å²) in [6.45, 7) is 11.4. The summed E-state index contributed by atoms with van der Waals surface area (Å²) in [5.41, 5.74) is 15.5. The van der Waals surface area contributed by atoms with Gasteiger partial charge in [-0.25, -0.2) is 0 Å². The molecule has 0 aromatic heterocycles. The molecule has 38 heavy (non-hydrogen) atoms. The summed E-state index contributed by atoms with van der Waals surface area (Å²) >= 11 is -3.03. The zero-order valence-corrected chi connectivity index (χ0v) is 25.3. The maximum atomic E-state index is 15.1. The van der Waals surface area contributed by atoms with Gasteiger partial charge in [-0.1, -0.05) is 0 Å². The van der Waals surface area contributed by atoms with Crippen LogP contribution >= 0.6 is 0 Å². The van der Waals surface area contributed by atoms with E-state index in [0.29, 0.717) is 0 Å². The summed E-state index contributed by atoms with van der Waals surface area (Å²) < 4.78 is 20.3. The van der Waals surface area contributed by atoms with Crippen molar-refractivity contribution >= 4 is 38.4 Å². The first-order valence-electron chi connectivity index (χ1n) is 14.8. The average Bonchev–Trinajstić information content (AvgIpc) is 2.90. The quantitative estimate of drug-likeness (QED) is 0.308. The molecular formula is C34H37N2OTe+. The van der Waals surface area contributed by atoms with Gasteiger partial charge < -0.3 is 0 Å². The second-order valence-electron chi connectivity index (χ2n) is 12.3. The number of aryl methyl sites for hydroxylation is 5. The monoisotopic (exact) mass is 619 g/mol. The predicted octanol–water partition coefficient (Wildman–Crippen LogP) is 1.72. The summed E-state index contributed by atoms with van der Waals surface area (Å²) in [5, 5.41) is 2.80. The zero-order valence-electron chi connectivity index (χ0n) is 23.0. The number of benzene rings is 3. The van der Waals surface area contributed by atoms with Crippen molar-refractivity contribution in [2.24, 2.45) is 0 Å². The molecule has 4 heteroatoms. The van der Waals surface area contributed by atoms with Crippen molar-refractivity contribution in [2.75, 3.05) is 31.1 Å². The second kappa shape index (κ2) is 8.69. The molecule has 0 N–H and O–H groups in total. The van der Waals surface area contributed by atoms with Crippen LogP contribution in [0.5, 0.6) is 0 Å². The molecule has 0 bridgehead atoms. The molecule has 5 aliphatic rings. The standard InChI is InChI=1S/C34H37N2OTe/c1-20-16-21(2)29(22(3)17-20)30-27-18-23-8-4-12-35-14-6-10-25(31(23)35)33(27)38(37)34-26-11-7-15-36-13-5-9-24(32(26)36)19-28(30)34/h16-19H,4-15H2,1-3H3/q+1. The maximum absolute atomic E-state index is 15.1. The summed E-state index contributed by atoms with van der Waals surface area (Å²) in [4.78, 5) is 2.63. The molecule has 0 atom stereocenters. The molecule has 0 unspecified atom stereocenters. The number of fused-ring (bicyclic) bond motifs is 4. The second-order valence-corrected chi connectivity index (χ2v) is 16.1. The Hall–Kier alpha value is -2.12. The number of nitrogens with zero attached hydrogens (tertiary/aromatic N) is 2. The van der Waals surface area contributed by atoms with E-state index >= 15 is 3.47 Å². The summed E-state index contributed by atoms with van der Waals surface area (Å²) in [7, 11) is 0. The molecule has 194 valence electrons. The fourth-order valence-electron chi connectivity index (χ4n) is 8.55. The Morgan fingerprint density at radius 1 is 0.763 bits per heavy atom. The summed E-state index contributed by atoms with van der Waals surface area (Å²) in [5.74, 6) is 0. The van der Waals surface area contributed by atoms with Crippen molar-refractivity contribution in [2.45, 2.75) is 72.1 Å². The van der Waals surface area contributed by atoms with E-state index in [1.165, 1.54) is 105 Å². The zero-order chi connectivity index (χ0) is 25.7. The molecule has 0 saturated heterocycles. The van der Waals surface area contributed by atoms with Crippen LogP contribution in [0.3, 0.4) is 0 Å². The van der Waals surface area contributed by atoms with Gasteiger partial charge in [-0.05, 0) is 0 Å². The third kappa shape index (κ3) is 3.27. The minimum atomic E-state index is -3.03. The van der Waals surface area contributed by atoms with Gasteiger partial charge in [-0.2, -0.15) is 0 Å². The molecule has 8 rings (SSSR count). The molecule has 3 aromatic rings. The first-order chi connectivity index (χ1) is 18.5. The van der Waals surface area contributed by atoms with E-state index < -0.39 is 20.0 Å². The van der Waals surface area contributed by atoms with E-state index in [4.69, 9.17) is 0 Å². The summed E-state index contributed by atoms with van der Waals surface area (Å²) in [6, 6.07) is 9.72. The fourth-order valence-corrected chi connectivity index (χ4v) is 13.6. The van der Waals surface area contributed by atoms with Crippen LogP contribution in [-0.4, -0.2) is 46.1 Å². The summed E-state index contributed by atoms with van der Waals surface area (Å²) in [6.07, 6.45) is 9.30. The molecule has 0 amide bonds. The first kappa shape index (κ1) is 23.7. The van der Waals surface area contributed by atoms with Gasteiger partial charge in [0.15, 0.2) is 0 Å². The molecule has 3 aromatic carbocycles. The van der Waals surface area contributed by atoms with Gasteiger partial charge in [-0.15, -0.1) is 0 Å². The van der Waals surface area contributed by atoms with Crippen LogP contribution in [0, 0.1) is 20.8 Å². The van der Waals surface area contributed by atoms with E-state index in [1.807, 2.05) is 0 Å². The third-order valence-corrected chi connectivity index (χ3v) is 14.6. The fraction of sp³-hybridized carbons (Fsp3) is 0.441. The van der Waals surface area contributed by atoms with Crippen LogP contribution in [0.25, 0.3) is 5.57 Å². The van der Waals surface area contributed by atoms with Gasteiger partial charge >= 0.3 is 235 Å². The van der Waals surface area contributed by atoms with Crippen molar-refractivity contribution in [3.63, 3.8) is 0 Å². The van der Waals surface area contributed by atoms with E-state index in [1.54, 1.807) is 0 Å². The van der Waals surface area contributed by atoms with Gasteiger partial charge in [0.1, 0.15) is 0 Å². The van der Waals surface area contributed by atoms with Crippen LogP contribution < -0.4 is 30.7 Å². The van der Waals surface area contributed by atoms with Crippen molar-refractivity contribution < 1.29 is 3.47 Å². The van der Waals surface area contributed by atoms with Crippen molar-refractivity contribution in [3.8, 4) is 0 Å². The van der Waals surface area contributed by atoms with E-state index in [-0.39, 0.29) is 0 Å². The molecule has 0 radical (unpaired) electrons. The number of rotatable bonds is 1. The predicted molar refractivity (Wildman–Crippen MR) is 156 cm³/mol. The van der Waals surface area contributed by atoms with Gasteiger partial charge in [-0.3, -0.25) is 0 Å². The van der Waals surface area contributed by atoms with Crippen LogP contribution in [0.2, 0.25) is 0 Å². The molecule has 0 saturated carbocycles. The van der Waals surface area contributed by atoms with Crippen LogP contribution in [0.1, 0.15) is 75.8 Å². The Labute approximate surface area is 233 Å². The average molecular weight is 617 g/mol. The number of hydrogen-bond acceptors (Lipinski definition) is 2. The van der Waals surface area contributed by atoms with E-state index in [9.17, 15) is 0 Å². The van der Waals surface area contributed by atoms with Crippen molar-refractivity contribution in [1.29, 1.82) is 0 Å². The molecule has 5 aliphatic heterocycles. The normalized spacial score (nSPS) is 19.6. The van der Waals surface area contributed by atoms with E-state index in [0.717, 1.165) is 51.9 Å². The van der Waals surface area contributed by atoms with Gasteiger partial charge in [0.05, 0.1) is 0 Å². The van der Waals surface area contributed by atoms with Crippen LogP contribution in [0.15, 0.2) is 24.3 Å². The Bertz CT molecular complexity index is 1650. The first-order valence-corrected chi connectivity index (χ1v) is 18.0. The Kier molecular flexibility index (Phi) is 5.43. The molecule has 0 aliphatic carbocycles. The van der Waals surface area contributed by atoms with Crippen molar-refractivity contribution in [1.82, 2.24) is 4.58 Å². The Morgan fingerprint density at radius 2 is 1.45 bits per heavy atom. The molecule has 5 heterocycles.